The predicted molar refractivity (Wildman–Crippen MR) is 39.9 cm³/mol. The third kappa shape index (κ3) is 1.91. The summed E-state index contributed by atoms with van der Waals surface area (Å²) in [7, 11) is 0. The maximum Gasteiger partial charge on any atom is 0.125 e. The molecule has 0 aromatic heterocycles. The molecule has 0 heterocycles. The Labute approximate surface area is 56.1 Å². The van der Waals surface area contributed by atoms with Crippen molar-refractivity contribution in [2.45, 2.75) is 27.2 Å². The third-order valence-electron chi connectivity index (χ3n) is 1.72. The smallest absolute Gasteiger partial charge is 0.125 e. The molecule has 3 heteroatoms. The summed E-state index contributed by atoms with van der Waals surface area (Å²) in [5, 5.41) is 3.43. The van der Waals surface area contributed by atoms with Gasteiger partial charge in [-0.2, -0.15) is 5.10 Å². The lowest BCUT2D eigenvalue weighted by Gasteiger charge is -2.20. The first-order valence-electron chi connectivity index (χ1n) is 3.08. The van der Waals surface area contributed by atoms with E-state index in [1.54, 1.807) is 0 Å². The molecule has 0 spiro atoms. The van der Waals surface area contributed by atoms with Crippen LogP contribution in [0.25, 0.3) is 0 Å². The lowest BCUT2D eigenvalue weighted by Crippen LogP contribution is -2.32. The van der Waals surface area contributed by atoms with Crippen LogP contribution >= 0.6 is 0 Å². The molecule has 0 atom stereocenters. The van der Waals surface area contributed by atoms with E-state index in [1.165, 1.54) is 0 Å². The van der Waals surface area contributed by atoms with Gasteiger partial charge in [0.1, 0.15) is 5.84 Å². The summed E-state index contributed by atoms with van der Waals surface area (Å²) in [6.07, 6.45) is 0.958. The average Bonchev–Trinajstić information content (AvgIpc) is 1.86. The van der Waals surface area contributed by atoms with E-state index in [2.05, 4.69) is 12.0 Å². The van der Waals surface area contributed by atoms with Gasteiger partial charge in [-0.25, -0.2) is 0 Å². The van der Waals surface area contributed by atoms with Crippen molar-refractivity contribution in [3.8, 4) is 0 Å². The van der Waals surface area contributed by atoms with E-state index in [9.17, 15) is 0 Å². The van der Waals surface area contributed by atoms with Gasteiger partial charge in [0.05, 0.1) is 0 Å². The van der Waals surface area contributed by atoms with Crippen LogP contribution in [-0.4, -0.2) is 5.84 Å². The van der Waals surface area contributed by atoms with Crippen molar-refractivity contribution in [3.63, 3.8) is 0 Å². The molecule has 0 amide bonds. The molecule has 0 saturated heterocycles. The predicted octanol–water partition coefficient (Wildman–Crippen LogP) is 0.654. The first-order valence-corrected chi connectivity index (χ1v) is 3.08. The van der Waals surface area contributed by atoms with Gasteiger partial charge < -0.3 is 11.6 Å². The van der Waals surface area contributed by atoms with Crippen molar-refractivity contribution in [2.75, 3.05) is 0 Å². The largest absolute Gasteiger partial charge is 0.385 e. The molecule has 54 valence electrons. The molecule has 0 radical (unpaired) electrons. The van der Waals surface area contributed by atoms with Crippen LogP contribution in [0, 0.1) is 5.41 Å². The Morgan fingerprint density at radius 3 is 2.11 bits per heavy atom. The molecule has 9 heavy (non-hydrogen) atoms. The number of amidine groups is 1. The minimum atomic E-state index is -0.0469. The Morgan fingerprint density at radius 1 is 1.56 bits per heavy atom. The highest BCUT2D eigenvalue weighted by molar-refractivity contribution is 5.85. The molecule has 0 saturated carbocycles. The van der Waals surface area contributed by atoms with Gasteiger partial charge in [0.25, 0.3) is 0 Å². The zero-order chi connectivity index (χ0) is 7.49. The molecule has 3 nitrogen and oxygen atoms in total. The minimum Gasteiger partial charge on any atom is -0.385 e. The fourth-order valence-electron chi connectivity index (χ4n) is 0.356. The zero-order valence-electron chi connectivity index (χ0n) is 6.31. The number of nitrogens with zero attached hydrogens (tertiary/aromatic N) is 1. The minimum absolute atomic E-state index is 0.0469. The molecule has 0 aliphatic heterocycles. The van der Waals surface area contributed by atoms with Crippen molar-refractivity contribution >= 4 is 5.84 Å². The van der Waals surface area contributed by atoms with Gasteiger partial charge in [-0.1, -0.05) is 20.8 Å². The normalized spacial score (nSPS) is 13.9. The van der Waals surface area contributed by atoms with Crippen LogP contribution in [0.15, 0.2) is 5.10 Å². The molecule has 0 aliphatic rings. The van der Waals surface area contributed by atoms with Crippen LogP contribution in [0.2, 0.25) is 0 Å². The Kier molecular flexibility index (Phi) is 2.49. The SMILES string of the molecule is CCC(C)(C)C(N)=NN. The van der Waals surface area contributed by atoms with Crippen LogP contribution in [0.3, 0.4) is 0 Å². The lowest BCUT2D eigenvalue weighted by atomic mass is 9.89. The molecule has 4 N–H and O–H groups in total. The van der Waals surface area contributed by atoms with Crippen molar-refractivity contribution in [1.82, 2.24) is 0 Å². The fourth-order valence-corrected chi connectivity index (χ4v) is 0.356. The molecule has 0 aromatic rings. The van der Waals surface area contributed by atoms with Crippen LogP contribution in [0.4, 0.5) is 0 Å². The second-order valence-corrected chi connectivity index (χ2v) is 2.75. The molecule has 0 fully saturated rings. The Bertz CT molecular complexity index is 115. The summed E-state index contributed by atoms with van der Waals surface area (Å²) in [6, 6.07) is 0. The molecule has 0 bridgehead atoms. The summed E-state index contributed by atoms with van der Waals surface area (Å²) in [5.74, 6) is 5.52. The van der Waals surface area contributed by atoms with E-state index < -0.39 is 0 Å². The van der Waals surface area contributed by atoms with Gasteiger partial charge in [0, 0.05) is 5.41 Å². The Morgan fingerprint density at radius 2 is 2.00 bits per heavy atom. The number of hydrazone groups is 1. The Balaban J connectivity index is 4.14. The van der Waals surface area contributed by atoms with E-state index in [0.29, 0.717) is 5.84 Å². The summed E-state index contributed by atoms with van der Waals surface area (Å²) in [4.78, 5) is 0. The molecule has 0 aromatic carbocycles. The van der Waals surface area contributed by atoms with E-state index in [-0.39, 0.29) is 5.41 Å². The van der Waals surface area contributed by atoms with E-state index >= 15 is 0 Å². The third-order valence-corrected chi connectivity index (χ3v) is 1.72. The summed E-state index contributed by atoms with van der Waals surface area (Å²) >= 11 is 0. The van der Waals surface area contributed by atoms with Gasteiger partial charge in [0.2, 0.25) is 0 Å². The van der Waals surface area contributed by atoms with Crippen LogP contribution in [0.5, 0.6) is 0 Å². The summed E-state index contributed by atoms with van der Waals surface area (Å²) < 4.78 is 0. The van der Waals surface area contributed by atoms with Crippen molar-refractivity contribution in [3.05, 3.63) is 0 Å². The topological polar surface area (TPSA) is 64.4 Å². The number of hydrogen-bond donors (Lipinski definition) is 2. The quantitative estimate of drug-likeness (QED) is 0.249. The molecular formula is C6H15N3. The van der Waals surface area contributed by atoms with Crippen LogP contribution < -0.4 is 11.6 Å². The van der Waals surface area contributed by atoms with Gasteiger partial charge in [-0.3, -0.25) is 0 Å². The van der Waals surface area contributed by atoms with Crippen LogP contribution in [0.1, 0.15) is 27.2 Å². The maximum atomic E-state index is 5.49. The average molecular weight is 129 g/mol. The Hall–Kier alpha value is -0.730. The second kappa shape index (κ2) is 2.71. The van der Waals surface area contributed by atoms with Crippen molar-refractivity contribution in [1.29, 1.82) is 0 Å². The summed E-state index contributed by atoms with van der Waals surface area (Å²) in [5.41, 5.74) is 5.44. The van der Waals surface area contributed by atoms with E-state index in [4.69, 9.17) is 11.6 Å². The van der Waals surface area contributed by atoms with Crippen molar-refractivity contribution in [2.24, 2.45) is 22.1 Å². The van der Waals surface area contributed by atoms with E-state index in [0.717, 1.165) is 6.42 Å². The number of hydrogen-bond acceptors (Lipinski definition) is 2. The van der Waals surface area contributed by atoms with Gasteiger partial charge in [-0.15, -0.1) is 0 Å². The summed E-state index contributed by atoms with van der Waals surface area (Å²) in [6.45, 7) is 6.08. The second-order valence-electron chi connectivity index (χ2n) is 2.75. The van der Waals surface area contributed by atoms with E-state index in [1.807, 2.05) is 13.8 Å². The lowest BCUT2D eigenvalue weighted by molar-refractivity contribution is 0.496. The molecule has 0 rings (SSSR count). The molecule has 0 unspecified atom stereocenters. The first kappa shape index (κ1) is 8.27. The number of rotatable bonds is 2. The number of nitrogens with two attached hydrogens (primary N) is 2. The molecule has 0 aliphatic carbocycles. The van der Waals surface area contributed by atoms with Crippen LogP contribution in [-0.2, 0) is 0 Å². The van der Waals surface area contributed by atoms with Gasteiger partial charge >= 0.3 is 0 Å². The maximum absolute atomic E-state index is 5.49. The molecular weight excluding hydrogens is 114 g/mol. The monoisotopic (exact) mass is 129 g/mol. The standard InChI is InChI=1S/C6H15N3/c1-4-6(2,3)5(7)9-8/h4,8H2,1-3H3,(H2,7,9). The van der Waals surface area contributed by atoms with Gasteiger partial charge in [0.15, 0.2) is 0 Å². The van der Waals surface area contributed by atoms with Crippen molar-refractivity contribution < 1.29 is 0 Å². The highest BCUT2D eigenvalue weighted by Crippen LogP contribution is 2.18. The highest BCUT2D eigenvalue weighted by Gasteiger charge is 2.19. The zero-order valence-corrected chi connectivity index (χ0v) is 6.31. The van der Waals surface area contributed by atoms with Gasteiger partial charge in [-0.05, 0) is 6.42 Å². The fraction of sp³-hybridized carbons (Fsp3) is 0.833. The highest BCUT2D eigenvalue weighted by atomic mass is 15.2. The first-order chi connectivity index (χ1) is 4.04.